The third-order valence-electron chi connectivity index (χ3n) is 4.55. The van der Waals surface area contributed by atoms with Crippen LogP contribution < -0.4 is 10.2 Å². The minimum absolute atomic E-state index is 0.381. The number of fused-ring (bicyclic) bond motifs is 1. The van der Waals surface area contributed by atoms with E-state index in [4.69, 9.17) is 0 Å². The highest BCUT2D eigenvalue weighted by Gasteiger charge is 2.31. The summed E-state index contributed by atoms with van der Waals surface area (Å²) in [4.78, 5) is 15.9. The van der Waals surface area contributed by atoms with Crippen molar-refractivity contribution >= 4 is 11.7 Å². The van der Waals surface area contributed by atoms with Gasteiger partial charge in [0.15, 0.2) is 0 Å². The molecule has 5 nitrogen and oxygen atoms in total. The maximum atomic E-state index is 11.4. The van der Waals surface area contributed by atoms with Crippen molar-refractivity contribution in [3.63, 3.8) is 0 Å². The van der Waals surface area contributed by atoms with Gasteiger partial charge in [-0.3, -0.25) is 9.69 Å². The van der Waals surface area contributed by atoms with Gasteiger partial charge in [-0.15, -0.1) is 0 Å². The molecule has 1 unspecified atom stereocenters. The van der Waals surface area contributed by atoms with E-state index in [0.29, 0.717) is 6.42 Å². The number of rotatable bonds is 4. The third kappa shape index (κ3) is 2.76. The van der Waals surface area contributed by atoms with E-state index in [1.54, 1.807) is 0 Å². The number of carbonyl (C=O) groups is 1. The highest BCUT2D eigenvalue weighted by molar-refractivity contribution is 5.73. The molecule has 0 saturated carbocycles. The topological polar surface area (TPSA) is 55.8 Å². The summed E-state index contributed by atoms with van der Waals surface area (Å²) in [6.45, 7) is 7.51. The predicted octanol–water partition coefficient (Wildman–Crippen LogP) is 1.27. The van der Waals surface area contributed by atoms with Gasteiger partial charge in [0, 0.05) is 45.0 Å². The Bertz CT molecular complexity index is 526. The molecule has 1 fully saturated rings. The van der Waals surface area contributed by atoms with E-state index >= 15 is 0 Å². The number of anilines is 1. The summed E-state index contributed by atoms with van der Waals surface area (Å²) in [7, 11) is 0. The van der Waals surface area contributed by atoms with Gasteiger partial charge in [-0.1, -0.05) is 19.1 Å². The summed E-state index contributed by atoms with van der Waals surface area (Å²) in [6, 6.07) is 6.03. The molecule has 1 aromatic rings. The van der Waals surface area contributed by atoms with Gasteiger partial charge in [-0.2, -0.15) is 0 Å². The Morgan fingerprint density at radius 2 is 2.10 bits per heavy atom. The standard InChI is InChI=1S/C16H23N3O2/c1-2-14(16(20)21)19-10-12-4-3-5-15(13(12)11-19)18-8-6-17-7-9-18/h3-5,14,17H,2,6-11H2,1H3,(H,20,21). The molecular formula is C16H23N3O2. The smallest absolute Gasteiger partial charge is 0.320 e. The van der Waals surface area contributed by atoms with Gasteiger partial charge in [-0.25, -0.2) is 0 Å². The van der Waals surface area contributed by atoms with E-state index in [-0.39, 0.29) is 6.04 Å². The van der Waals surface area contributed by atoms with Crippen molar-refractivity contribution in [3.8, 4) is 0 Å². The number of benzene rings is 1. The zero-order valence-electron chi connectivity index (χ0n) is 12.5. The Morgan fingerprint density at radius 3 is 2.76 bits per heavy atom. The highest BCUT2D eigenvalue weighted by Crippen LogP contribution is 2.33. The third-order valence-corrected chi connectivity index (χ3v) is 4.55. The van der Waals surface area contributed by atoms with Crippen LogP contribution in [0, 0.1) is 0 Å². The fraction of sp³-hybridized carbons (Fsp3) is 0.562. The Kier molecular flexibility index (Phi) is 4.12. The van der Waals surface area contributed by atoms with Gasteiger partial charge in [0.05, 0.1) is 0 Å². The fourth-order valence-corrected chi connectivity index (χ4v) is 3.44. The predicted molar refractivity (Wildman–Crippen MR) is 82.5 cm³/mol. The lowest BCUT2D eigenvalue weighted by Crippen LogP contribution is -2.44. The average Bonchev–Trinajstić information content (AvgIpc) is 2.91. The lowest BCUT2D eigenvalue weighted by molar-refractivity contribution is -0.143. The fourth-order valence-electron chi connectivity index (χ4n) is 3.44. The second-order valence-corrected chi connectivity index (χ2v) is 5.82. The number of carboxylic acid groups (broad SMARTS) is 1. The number of nitrogens with zero attached hydrogens (tertiary/aromatic N) is 2. The molecule has 0 bridgehead atoms. The summed E-state index contributed by atoms with van der Waals surface area (Å²) in [5.41, 5.74) is 3.89. The average molecular weight is 289 g/mol. The normalized spacial score (nSPS) is 20.3. The largest absolute Gasteiger partial charge is 0.480 e. The van der Waals surface area contributed by atoms with Gasteiger partial charge in [0.2, 0.25) is 0 Å². The van der Waals surface area contributed by atoms with Crippen molar-refractivity contribution in [1.29, 1.82) is 0 Å². The van der Waals surface area contributed by atoms with E-state index in [1.807, 2.05) is 6.92 Å². The summed E-state index contributed by atoms with van der Waals surface area (Å²) in [6.07, 6.45) is 0.645. The Balaban J connectivity index is 1.84. The molecule has 2 aliphatic heterocycles. The Morgan fingerprint density at radius 1 is 1.33 bits per heavy atom. The number of aliphatic carboxylic acids is 1. The van der Waals surface area contributed by atoms with E-state index in [2.05, 4.69) is 33.3 Å². The van der Waals surface area contributed by atoms with Gasteiger partial charge in [-0.05, 0) is 23.6 Å². The summed E-state index contributed by atoms with van der Waals surface area (Å²) in [5, 5.41) is 12.7. The first-order valence-corrected chi connectivity index (χ1v) is 7.74. The molecule has 0 aromatic heterocycles. The quantitative estimate of drug-likeness (QED) is 0.874. The summed E-state index contributed by atoms with van der Waals surface area (Å²) >= 11 is 0. The van der Waals surface area contributed by atoms with Crippen LogP contribution in [0.4, 0.5) is 5.69 Å². The molecule has 5 heteroatoms. The highest BCUT2D eigenvalue weighted by atomic mass is 16.4. The van der Waals surface area contributed by atoms with Gasteiger partial charge in [0.1, 0.15) is 6.04 Å². The molecule has 2 aliphatic rings. The second kappa shape index (κ2) is 6.03. The van der Waals surface area contributed by atoms with Gasteiger partial charge >= 0.3 is 5.97 Å². The van der Waals surface area contributed by atoms with Crippen molar-refractivity contribution in [2.45, 2.75) is 32.5 Å². The molecule has 114 valence electrons. The number of hydrogen-bond donors (Lipinski definition) is 2. The van der Waals surface area contributed by atoms with Crippen molar-refractivity contribution in [3.05, 3.63) is 29.3 Å². The van der Waals surface area contributed by atoms with Crippen molar-refractivity contribution in [1.82, 2.24) is 10.2 Å². The Hall–Kier alpha value is -1.59. The molecule has 21 heavy (non-hydrogen) atoms. The first-order valence-electron chi connectivity index (χ1n) is 7.74. The maximum absolute atomic E-state index is 11.4. The number of carboxylic acids is 1. The number of hydrogen-bond acceptors (Lipinski definition) is 4. The van der Waals surface area contributed by atoms with Crippen molar-refractivity contribution < 1.29 is 9.90 Å². The minimum atomic E-state index is -0.714. The number of piperazine rings is 1. The van der Waals surface area contributed by atoms with Crippen LogP contribution in [0.25, 0.3) is 0 Å². The van der Waals surface area contributed by atoms with Crippen molar-refractivity contribution in [2.75, 3.05) is 31.1 Å². The molecule has 3 rings (SSSR count). The minimum Gasteiger partial charge on any atom is -0.480 e. The van der Waals surface area contributed by atoms with Gasteiger partial charge < -0.3 is 15.3 Å². The monoisotopic (exact) mass is 289 g/mol. The summed E-state index contributed by atoms with van der Waals surface area (Å²) < 4.78 is 0. The molecule has 2 N–H and O–H groups in total. The molecule has 0 spiro atoms. The molecule has 1 saturated heterocycles. The first kappa shape index (κ1) is 14.4. The molecule has 2 heterocycles. The Labute approximate surface area is 125 Å². The first-order chi connectivity index (χ1) is 10.2. The van der Waals surface area contributed by atoms with Crippen molar-refractivity contribution in [2.24, 2.45) is 0 Å². The van der Waals surface area contributed by atoms with E-state index in [0.717, 1.165) is 39.3 Å². The number of nitrogens with one attached hydrogen (secondary N) is 1. The second-order valence-electron chi connectivity index (χ2n) is 5.82. The zero-order valence-corrected chi connectivity index (χ0v) is 12.5. The zero-order chi connectivity index (χ0) is 14.8. The molecule has 1 aromatic carbocycles. The van der Waals surface area contributed by atoms with E-state index in [1.165, 1.54) is 16.8 Å². The van der Waals surface area contributed by atoms with Crippen LogP contribution in [0.5, 0.6) is 0 Å². The van der Waals surface area contributed by atoms with Crippen LogP contribution in [0.2, 0.25) is 0 Å². The van der Waals surface area contributed by atoms with Crippen LogP contribution in [0.1, 0.15) is 24.5 Å². The van der Waals surface area contributed by atoms with Crippen LogP contribution in [-0.4, -0.2) is 48.2 Å². The molecule has 0 radical (unpaired) electrons. The van der Waals surface area contributed by atoms with E-state index < -0.39 is 5.97 Å². The molecule has 0 aliphatic carbocycles. The van der Waals surface area contributed by atoms with Crippen LogP contribution in [-0.2, 0) is 17.9 Å². The van der Waals surface area contributed by atoms with Crippen LogP contribution in [0.3, 0.4) is 0 Å². The van der Waals surface area contributed by atoms with Crippen LogP contribution >= 0.6 is 0 Å². The molecule has 0 amide bonds. The summed E-state index contributed by atoms with van der Waals surface area (Å²) in [5.74, 6) is -0.714. The maximum Gasteiger partial charge on any atom is 0.320 e. The van der Waals surface area contributed by atoms with Crippen LogP contribution in [0.15, 0.2) is 18.2 Å². The van der Waals surface area contributed by atoms with Gasteiger partial charge in [0.25, 0.3) is 0 Å². The lowest BCUT2D eigenvalue weighted by Gasteiger charge is -2.31. The van der Waals surface area contributed by atoms with E-state index in [9.17, 15) is 9.90 Å². The molecular weight excluding hydrogens is 266 g/mol. The SMILES string of the molecule is CCC(C(=O)O)N1Cc2cccc(N3CCNCC3)c2C1. The molecule has 1 atom stereocenters. The lowest BCUT2D eigenvalue weighted by atomic mass is 10.1.